The zero-order chi connectivity index (χ0) is 17.3. The van der Waals surface area contributed by atoms with E-state index in [0.717, 1.165) is 0 Å². The van der Waals surface area contributed by atoms with Gasteiger partial charge in [-0.15, -0.1) is 0 Å². The lowest BCUT2D eigenvalue weighted by Crippen LogP contribution is -2.14. The van der Waals surface area contributed by atoms with E-state index in [1.807, 2.05) is 6.07 Å². The molecule has 0 radical (unpaired) electrons. The fourth-order valence-corrected chi connectivity index (χ4v) is 2.67. The number of nitrogens with zero attached hydrogens (tertiary/aromatic N) is 2. The first-order chi connectivity index (χ1) is 11.5. The number of hydrogen-bond acceptors (Lipinski definition) is 3. The van der Waals surface area contributed by atoms with Crippen LogP contribution in [-0.2, 0) is 0 Å². The summed E-state index contributed by atoms with van der Waals surface area (Å²) in [6, 6.07) is 10.6. The highest BCUT2D eigenvalue weighted by Crippen LogP contribution is 2.30. The van der Waals surface area contributed by atoms with E-state index in [2.05, 4.69) is 15.0 Å². The summed E-state index contributed by atoms with van der Waals surface area (Å²) in [5.74, 6) is 0.204. The number of aromatic nitrogens is 3. The van der Waals surface area contributed by atoms with Gasteiger partial charge in [0.1, 0.15) is 5.69 Å². The first kappa shape index (κ1) is 16.0. The van der Waals surface area contributed by atoms with Gasteiger partial charge in [-0.05, 0) is 25.5 Å². The minimum absolute atomic E-state index is 0.0587. The molecule has 0 saturated carbocycles. The zero-order valence-corrected chi connectivity index (χ0v) is 13.2. The second kappa shape index (κ2) is 6.31. The van der Waals surface area contributed by atoms with Crippen molar-refractivity contribution in [2.45, 2.75) is 20.3 Å². The minimum Gasteiger partial charge on any atom is -0.326 e. The molecule has 0 spiro atoms. The molecule has 6 heteroatoms. The number of benzene rings is 1. The molecule has 0 saturated heterocycles. The van der Waals surface area contributed by atoms with Crippen molar-refractivity contribution in [1.29, 1.82) is 0 Å². The van der Waals surface area contributed by atoms with Crippen LogP contribution >= 0.6 is 0 Å². The van der Waals surface area contributed by atoms with Crippen LogP contribution in [0.2, 0.25) is 0 Å². The van der Waals surface area contributed by atoms with Gasteiger partial charge in [0.2, 0.25) is 0 Å². The summed E-state index contributed by atoms with van der Waals surface area (Å²) in [5.41, 5.74) is 1.28. The first-order valence-corrected chi connectivity index (χ1v) is 7.38. The minimum atomic E-state index is -2.81. The number of aryl methyl sites for hydroxylation is 2. The number of halogens is 2. The molecule has 4 nitrogen and oxygen atoms in total. The monoisotopic (exact) mass is 327 g/mol. The number of nitrogens with one attached hydrogen (secondary N) is 1. The Labute approximate surface area is 137 Å². The Morgan fingerprint density at radius 1 is 1.12 bits per heavy atom. The van der Waals surface area contributed by atoms with E-state index < -0.39 is 17.7 Å². The van der Waals surface area contributed by atoms with E-state index in [1.165, 1.54) is 6.20 Å². The van der Waals surface area contributed by atoms with Crippen LogP contribution in [0.1, 0.15) is 23.4 Å². The van der Waals surface area contributed by atoms with Crippen LogP contribution in [0.3, 0.4) is 0 Å². The van der Waals surface area contributed by atoms with E-state index >= 15 is 0 Å². The number of H-pyrrole nitrogens is 1. The molecule has 1 N–H and O–H groups in total. The van der Waals surface area contributed by atoms with Crippen molar-refractivity contribution in [2.24, 2.45) is 0 Å². The van der Waals surface area contributed by atoms with Gasteiger partial charge in [-0.25, -0.2) is 18.7 Å². The predicted molar refractivity (Wildman–Crippen MR) is 88.0 cm³/mol. The highest BCUT2D eigenvalue weighted by Gasteiger charge is 2.21. The Kier molecular flexibility index (Phi) is 4.20. The van der Waals surface area contributed by atoms with Crippen molar-refractivity contribution >= 4 is 0 Å². The summed E-state index contributed by atoms with van der Waals surface area (Å²) in [5, 5.41) is 0. The summed E-state index contributed by atoms with van der Waals surface area (Å²) < 4.78 is 27.1. The van der Waals surface area contributed by atoms with Gasteiger partial charge in [0.25, 0.3) is 12.0 Å². The lowest BCUT2D eigenvalue weighted by molar-refractivity contribution is 0.146. The fraction of sp³-hybridized carbons (Fsp3) is 0.167. The van der Waals surface area contributed by atoms with Crippen molar-refractivity contribution in [3.8, 4) is 22.5 Å². The topological polar surface area (TPSA) is 58.6 Å². The number of rotatable bonds is 3. The molecule has 0 atom stereocenters. The molecule has 2 aromatic heterocycles. The standard InChI is InChI=1S/C18H15F2N3O/c1-10-8-11(2)22-18(24)14(10)13-9-21-17(23-15(13)16(19)20)12-6-4-3-5-7-12/h3-9,16H,1-2H3,(H,22,24). The van der Waals surface area contributed by atoms with E-state index in [9.17, 15) is 13.6 Å². The number of hydrogen-bond donors (Lipinski definition) is 1. The van der Waals surface area contributed by atoms with E-state index in [-0.39, 0.29) is 17.0 Å². The van der Waals surface area contributed by atoms with Crippen molar-refractivity contribution in [3.63, 3.8) is 0 Å². The van der Waals surface area contributed by atoms with Crippen molar-refractivity contribution in [3.05, 3.63) is 69.9 Å². The molecule has 0 aliphatic rings. The predicted octanol–water partition coefficient (Wildman–Crippen LogP) is 4.05. The van der Waals surface area contributed by atoms with Crippen molar-refractivity contribution in [1.82, 2.24) is 15.0 Å². The van der Waals surface area contributed by atoms with Crippen LogP contribution in [0.15, 0.2) is 47.4 Å². The second-order valence-electron chi connectivity index (χ2n) is 5.50. The third kappa shape index (κ3) is 2.95. The Bertz CT molecular complexity index is 937. The fourth-order valence-electron chi connectivity index (χ4n) is 2.67. The molecule has 0 aliphatic carbocycles. The molecule has 1 aromatic carbocycles. The maximum atomic E-state index is 13.5. The van der Waals surface area contributed by atoms with Crippen LogP contribution < -0.4 is 5.56 Å². The van der Waals surface area contributed by atoms with Crippen LogP contribution in [0.25, 0.3) is 22.5 Å². The van der Waals surface area contributed by atoms with E-state index in [1.54, 1.807) is 44.2 Å². The second-order valence-corrected chi connectivity index (χ2v) is 5.50. The number of aromatic amines is 1. The summed E-state index contributed by atoms with van der Waals surface area (Å²) in [6.45, 7) is 3.44. The van der Waals surface area contributed by atoms with E-state index in [0.29, 0.717) is 16.8 Å². The maximum absolute atomic E-state index is 13.5. The molecule has 122 valence electrons. The normalized spacial score (nSPS) is 11.0. The Balaban J connectivity index is 2.22. The summed E-state index contributed by atoms with van der Waals surface area (Å²) in [4.78, 5) is 23.1. The van der Waals surface area contributed by atoms with Crippen molar-refractivity contribution in [2.75, 3.05) is 0 Å². The van der Waals surface area contributed by atoms with Gasteiger partial charge in [0.15, 0.2) is 5.82 Å². The molecule has 0 bridgehead atoms. The van der Waals surface area contributed by atoms with E-state index in [4.69, 9.17) is 0 Å². The molecule has 3 aromatic rings. The van der Waals surface area contributed by atoms with Gasteiger partial charge in [0.05, 0.1) is 5.56 Å². The first-order valence-electron chi connectivity index (χ1n) is 7.38. The molecule has 0 fully saturated rings. The molecule has 0 unspecified atom stereocenters. The largest absolute Gasteiger partial charge is 0.326 e. The molecule has 0 aliphatic heterocycles. The molecule has 0 amide bonds. The Morgan fingerprint density at radius 3 is 2.46 bits per heavy atom. The molecular weight excluding hydrogens is 312 g/mol. The smallest absolute Gasteiger partial charge is 0.281 e. The van der Waals surface area contributed by atoms with Gasteiger partial charge in [-0.1, -0.05) is 30.3 Å². The van der Waals surface area contributed by atoms with Crippen molar-refractivity contribution < 1.29 is 8.78 Å². The lowest BCUT2D eigenvalue weighted by atomic mass is 10.0. The average Bonchev–Trinajstić information content (AvgIpc) is 2.55. The number of alkyl halides is 2. The number of pyridine rings is 1. The van der Waals surface area contributed by atoms with Crippen LogP contribution in [-0.4, -0.2) is 15.0 Å². The Hall–Kier alpha value is -2.89. The van der Waals surface area contributed by atoms with Gasteiger partial charge < -0.3 is 4.98 Å². The van der Waals surface area contributed by atoms with Crippen LogP contribution in [0.5, 0.6) is 0 Å². The zero-order valence-electron chi connectivity index (χ0n) is 13.2. The maximum Gasteiger partial charge on any atom is 0.281 e. The molecule has 2 heterocycles. The third-order valence-corrected chi connectivity index (χ3v) is 3.69. The Morgan fingerprint density at radius 2 is 1.83 bits per heavy atom. The summed E-state index contributed by atoms with van der Waals surface area (Å²) in [6.07, 6.45) is -1.52. The van der Waals surface area contributed by atoms with Gasteiger partial charge in [-0.3, -0.25) is 4.79 Å². The third-order valence-electron chi connectivity index (χ3n) is 3.69. The molecule has 3 rings (SSSR count). The highest BCUT2D eigenvalue weighted by molar-refractivity contribution is 5.69. The van der Waals surface area contributed by atoms with Crippen LogP contribution in [0, 0.1) is 13.8 Å². The van der Waals surface area contributed by atoms with Gasteiger partial charge in [0, 0.05) is 23.0 Å². The molecule has 24 heavy (non-hydrogen) atoms. The van der Waals surface area contributed by atoms with Gasteiger partial charge in [-0.2, -0.15) is 0 Å². The molecular formula is C18H15F2N3O. The highest BCUT2D eigenvalue weighted by atomic mass is 19.3. The lowest BCUT2D eigenvalue weighted by Gasteiger charge is -2.12. The SMILES string of the molecule is Cc1cc(C)c(-c2cnc(-c3ccccc3)nc2C(F)F)c(=O)[nH]1. The van der Waals surface area contributed by atoms with Crippen LogP contribution in [0.4, 0.5) is 8.78 Å². The quantitative estimate of drug-likeness (QED) is 0.789. The average molecular weight is 327 g/mol. The van der Waals surface area contributed by atoms with Gasteiger partial charge >= 0.3 is 0 Å². The summed E-state index contributed by atoms with van der Waals surface area (Å²) in [7, 11) is 0. The summed E-state index contributed by atoms with van der Waals surface area (Å²) >= 11 is 0.